The van der Waals surface area contributed by atoms with Crippen molar-refractivity contribution < 1.29 is 9.53 Å². The number of aromatic amines is 1. The summed E-state index contributed by atoms with van der Waals surface area (Å²) in [6.45, 7) is 0. The third kappa shape index (κ3) is 3.08. The van der Waals surface area contributed by atoms with Crippen LogP contribution in [-0.2, 0) is 4.79 Å². The number of nitrogen functional groups attached to an aromatic ring is 1. The van der Waals surface area contributed by atoms with E-state index in [0.29, 0.717) is 5.95 Å². The third-order valence-corrected chi connectivity index (χ3v) is 3.88. The molecule has 6 heteroatoms. The van der Waals surface area contributed by atoms with Crippen LogP contribution in [0, 0.1) is 0 Å². The number of nitrogens with one attached hydrogen (secondary N) is 1. The molecule has 0 saturated carbocycles. The van der Waals surface area contributed by atoms with Gasteiger partial charge in [0.2, 0.25) is 5.91 Å². The number of ether oxygens (including phenoxy) is 1. The Labute approximate surface area is 139 Å². The molecule has 0 radical (unpaired) electrons. The lowest BCUT2D eigenvalue weighted by Gasteiger charge is -2.15. The first kappa shape index (κ1) is 15.6. The van der Waals surface area contributed by atoms with Crippen LogP contribution >= 0.6 is 0 Å². The number of nitrogens with two attached hydrogens (primary N) is 2. The smallest absolute Gasteiger partial charge is 0.229 e. The number of hydrogen-bond acceptors (Lipinski definition) is 4. The standard InChI is InChI=1S/C18H18N4O2/c1-24-14-8-6-13(7-9-14)16(17(19)23)12-4-2-11(3-5-12)15-10-21-18(20)22-15/h2-10,16H,1H3,(H2,19,23)(H3,20,21,22). The van der Waals surface area contributed by atoms with Crippen molar-refractivity contribution in [3.8, 4) is 17.0 Å². The molecule has 24 heavy (non-hydrogen) atoms. The lowest BCUT2D eigenvalue weighted by atomic mass is 9.90. The fourth-order valence-corrected chi connectivity index (χ4v) is 2.66. The van der Waals surface area contributed by atoms with Crippen LogP contribution in [0.25, 0.3) is 11.3 Å². The molecule has 0 bridgehead atoms. The number of primary amides is 1. The lowest BCUT2D eigenvalue weighted by molar-refractivity contribution is -0.118. The molecule has 5 N–H and O–H groups in total. The second-order valence-corrected chi connectivity index (χ2v) is 5.41. The Morgan fingerprint density at radius 1 is 1.08 bits per heavy atom. The molecule has 0 saturated heterocycles. The van der Waals surface area contributed by atoms with Gasteiger partial charge in [0.15, 0.2) is 5.95 Å². The van der Waals surface area contributed by atoms with E-state index in [-0.39, 0.29) is 0 Å². The Kier molecular flexibility index (Phi) is 4.20. The van der Waals surface area contributed by atoms with Gasteiger partial charge in [0, 0.05) is 0 Å². The monoisotopic (exact) mass is 322 g/mol. The molecule has 0 spiro atoms. The predicted molar refractivity (Wildman–Crippen MR) is 92.5 cm³/mol. The Hall–Kier alpha value is -3.28. The molecule has 122 valence electrons. The highest BCUT2D eigenvalue weighted by Gasteiger charge is 2.20. The maximum atomic E-state index is 12.0. The third-order valence-electron chi connectivity index (χ3n) is 3.88. The van der Waals surface area contributed by atoms with Crippen LogP contribution in [-0.4, -0.2) is 23.0 Å². The Balaban J connectivity index is 1.92. The van der Waals surface area contributed by atoms with E-state index in [9.17, 15) is 4.79 Å². The number of hydrogen-bond donors (Lipinski definition) is 3. The number of benzene rings is 2. The van der Waals surface area contributed by atoms with Crippen molar-refractivity contribution >= 4 is 11.9 Å². The van der Waals surface area contributed by atoms with E-state index in [4.69, 9.17) is 16.2 Å². The van der Waals surface area contributed by atoms with Crippen molar-refractivity contribution in [1.29, 1.82) is 0 Å². The second-order valence-electron chi connectivity index (χ2n) is 5.41. The highest BCUT2D eigenvalue weighted by Crippen LogP contribution is 2.28. The molecule has 1 unspecified atom stereocenters. The van der Waals surface area contributed by atoms with E-state index in [2.05, 4.69) is 9.97 Å². The van der Waals surface area contributed by atoms with Gasteiger partial charge in [-0.15, -0.1) is 0 Å². The zero-order chi connectivity index (χ0) is 17.1. The summed E-state index contributed by atoms with van der Waals surface area (Å²) in [6.07, 6.45) is 1.67. The van der Waals surface area contributed by atoms with Crippen molar-refractivity contribution in [3.05, 3.63) is 65.9 Å². The van der Waals surface area contributed by atoms with Gasteiger partial charge in [-0.2, -0.15) is 0 Å². The van der Waals surface area contributed by atoms with Gasteiger partial charge in [0.25, 0.3) is 0 Å². The molecule has 1 atom stereocenters. The van der Waals surface area contributed by atoms with E-state index >= 15 is 0 Å². The summed E-state index contributed by atoms with van der Waals surface area (Å²) in [7, 11) is 1.60. The summed E-state index contributed by atoms with van der Waals surface area (Å²) in [5, 5.41) is 0. The van der Waals surface area contributed by atoms with Gasteiger partial charge in [0.1, 0.15) is 5.75 Å². The van der Waals surface area contributed by atoms with Crippen molar-refractivity contribution in [2.75, 3.05) is 12.8 Å². The minimum Gasteiger partial charge on any atom is -0.497 e. The first-order valence-electron chi connectivity index (χ1n) is 7.42. The molecule has 6 nitrogen and oxygen atoms in total. The molecule has 0 aliphatic heterocycles. The molecule has 0 aliphatic carbocycles. The molecule has 2 aromatic carbocycles. The van der Waals surface area contributed by atoms with E-state index in [1.807, 2.05) is 48.5 Å². The normalized spacial score (nSPS) is 11.9. The summed E-state index contributed by atoms with van der Waals surface area (Å²) >= 11 is 0. The van der Waals surface area contributed by atoms with Gasteiger partial charge in [-0.1, -0.05) is 36.4 Å². The van der Waals surface area contributed by atoms with Crippen LogP contribution in [0.15, 0.2) is 54.7 Å². The molecule has 1 heterocycles. The average molecular weight is 322 g/mol. The number of carbonyl (C=O) groups excluding carboxylic acids is 1. The Morgan fingerprint density at radius 2 is 1.67 bits per heavy atom. The Bertz CT molecular complexity index is 838. The largest absolute Gasteiger partial charge is 0.497 e. The predicted octanol–water partition coefficient (Wildman–Crippen LogP) is 2.28. The molecule has 1 aromatic heterocycles. The lowest BCUT2D eigenvalue weighted by Crippen LogP contribution is -2.22. The number of rotatable bonds is 5. The zero-order valence-corrected chi connectivity index (χ0v) is 13.2. The van der Waals surface area contributed by atoms with Gasteiger partial charge in [-0.25, -0.2) is 4.98 Å². The van der Waals surface area contributed by atoms with Gasteiger partial charge >= 0.3 is 0 Å². The van der Waals surface area contributed by atoms with Gasteiger partial charge in [0.05, 0.1) is 24.9 Å². The van der Waals surface area contributed by atoms with Crippen LogP contribution < -0.4 is 16.2 Å². The molecule has 3 rings (SSSR count). The number of nitrogens with zero attached hydrogens (tertiary/aromatic N) is 1. The van der Waals surface area contributed by atoms with E-state index < -0.39 is 11.8 Å². The minimum atomic E-state index is -0.517. The van der Waals surface area contributed by atoms with Gasteiger partial charge in [-0.05, 0) is 28.8 Å². The molecule has 0 fully saturated rings. The highest BCUT2D eigenvalue weighted by atomic mass is 16.5. The summed E-state index contributed by atoms with van der Waals surface area (Å²) in [4.78, 5) is 18.9. The number of aromatic nitrogens is 2. The van der Waals surface area contributed by atoms with Gasteiger partial charge < -0.3 is 21.2 Å². The SMILES string of the molecule is COc1ccc(C(C(N)=O)c2ccc(-c3cnc(N)[nH]3)cc2)cc1. The number of anilines is 1. The number of carbonyl (C=O) groups is 1. The minimum absolute atomic E-state index is 0.363. The first-order valence-corrected chi connectivity index (χ1v) is 7.42. The second kappa shape index (κ2) is 6.45. The van der Waals surface area contributed by atoms with E-state index in [0.717, 1.165) is 28.1 Å². The van der Waals surface area contributed by atoms with Crippen LogP contribution in [0.2, 0.25) is 0 Å². The number of methoxy groups -OCH3 is 1. The van der Waals surface area contributed by atoms with Crippen molar-refractivity contribution in [3.63, 3.8) is 0 Å². The average Bonchev–Trinajstić information content (AvgIpc) is 3.02. The molecular formula is C18H18N4O2. The summed E-state index contributed by atoms with van der Waals surface area (Å²) < 4.78 is 5.15. The van der Waals surface area contributed by atoms with E-state index in [1.165, 1.54) is 0 Å². The maximum absolute atomic E-state index is 12.0. The highest BCUT2D eigenvalue weighted by molar-refractivity contribution is 5.85. The van der Waals surface area contributed by atoms with Gasteiger partial charge in [-0.3, -0.25) is 4.79 Å². The Morgan fingerprint density at radius 3 is 2.12 bits per heavy atom. The number of H-pyrrole nitrogens is 1. The molecule has 0 aliphatic rings. The van der Waals surface area contributed by atoms with Crippen LogP contribution in [0.4, 0.5) is 5.95 Å². The molecule has 3 aromatic rings. The van der Waals surface area contributed by atoms with Crippen molar-refractivity contribution in [1.82, 2.24) is 9.97 Å². The fraction of sp³-hybridized carbons (Fsp3) is 0.111. The van der Waals surface area contributed by atoms with Crippen LogP contribution in [0.1, 0.15) is 17.0 Å². The van der Waals surface area contributed by atoms with E-state index in [1.54, 1.807) is 13.3 Å². The fourth-order valence-electron chi connectivity index (χ4n) is 2.66. The van der Waals surface area contributed by atoms with Crippen molar-refractivity contribution in [2.45, 2.75) is 5.92 Å². The molecule has 1 amide bonds. The molecular weight excluding hydrogens is 304 g/mol. The number of imidazole rings is 1. The topological polar surface area (TPSA) is 107 Å². The summed E-state index contributed by atoms with van der Waals surface area (Å²) in [6, 6.07) is 14.9. The quantitative estimate of drug-likeness (QED) is 0.670. The number of amides is 1. The first-order chi connectivity index (χ1) is 11.6. The zero-order valence-electron chi connectivity index (χ0n) is 13.2. The summed E-state index contributed by atoms with van der Waals surface area (Å²) in [5.41, 5.74) is 14.6. The summed E-state index contributed by atoms with van der Waals surface area (Å²) in [5.74, 6) is 0.173. The van der Waals surface area contributed by atoms with Crippen LogP contribution in [0.3, 0.4) is 0 Å². The maximum Gasteiger partial charge on any atom is 0.229 e. The van der Waals surface area contributed by atoms with Crippen LogP contribution in [0.5, 0.6) is 5.75 Å². The van der Waals surface area contributed by atoms with Crippen molar-refractivity contribution in [2.24, 2.45) is 5.73 Å².